The summed E-state index contributed by atoms with van der Waals surface area (Å²) in [5, 5.41) is 0. The molecule has 2 amide bonds. The third-order valence-electron chi connectivity index (χ3n) is 5.12. The van der Waals surface area contributed by atoms with Gasteiger partial charge in [-0.25, -0.2) is 4.90 Å². The minimum absolute atomic E-state index is 0.0908. The number of anilines is 2. The largest absolute Gasteiger partial charge is 0.374 e. The highest BCUT2D eigenvalue weighted by Crippen LogP contribution is 2.45. The Balaban J connectivity index is 1.80. The Bertz CT molecular complexity index is 841. The van der Waals surface area contributed by atoms with Gasteiger partial charge in [-0.15, -0.1) is 0 Å². The van der Waals surface area contributed by atoms with Crippen LogP contribution >= 0.6 is 0 Å². The summed E-state index contributed by atoms with van der Waals surface area (Å²) in [5.74, 6) is -0.872. The van der Waals surface area contributed by atoms with Crippen molar-refractivity contribution < 1.29 is 9.59 Å². The molecule has 2 aliphatic heterocycles. The second-order valence-corrected chi connectivity index (χ2v) is 6.87. The molecule has 0 unspecified atom stereocenters. The zero-order valence-electron chi connectivity index (χ0n) is 14.1. The number of carbonyl (C=O) groups excluding carboxylic acids is 2. The van der Waals surface area contributed by atoms with Crippen LogP contribution in [-0.2, 0) is 9.59 Å². The van der Waals surface area contributed by atoms with Gasteiger partial charge in [-0.3, -0.25) is 9.59 Å². The molecule has 2 aromatic carbocycles. The van der Waals surface area contributed by atoms with Crippen LogP contribution in [0, 0.1) is 19.8 Å². The maximum atomic E-state index is 13.1. The zero-order chi connectivity index (χ0) is 17.0. The van der Waals surface area contributed by atoms with E-state index in [-0.39, 0.29) is 23.7 Å². The number of hydrogen-bond acceptors (Lipinski definition) is 3. The Morgan fingerprint density at radius 3 is 2.29 bits per heavy atom. The van der Waals surface area contributed by atoms with Crippen molar-refractivity contribution in [3.8, 4) is 0 Å². The molecule has 1 fully saturated rings. The Hall–Kier alpha value is -2.62. The molecule has 1 saturated heterocycles. The average Bonchev–Trinajstić information content (AvgIpc) is 2.80. The van der Waals surface area contributed by atoms with Crippen LogP contribution in [0.1, 0.15) is 22.6 Å². The van der Waals surface area contributed by atoms with Crippen LogP contribution in [0.2, 0.25) is 0 Å². The fourth-order valence-electron chi connectivity index (χ4n) is 3.85. The molecule has 4 heteroatoms. The van der Waals surface area contributed by atoms with E-state index in [0.29, 0.717) is 12.2 Å². The summed E-state index contributed by atoms with van der Waals surface area (Å²) in [5.41, 5.74) is 4.96. The first kappa shape index (κ1) is 14.9. The minimum Gasteiger partial charge on any atom is -0.374 e. The monoisotopic (exact) mass is 320 g/mol. The minimum atomic E-state index is -0.370. The number of benzene rings is 2. The molecule has 2 aromatic rings. The standard InChI is InChI=1S/C20H20N2O2/c1-12-4-7-14(8-5-12)22-19(23)16-11-21(3)17-10-13(2)6-9-15(17)18(16)20(22)24/h4-10,16,18H,11H2,1-3H3/t16-,18+/m1/s1. The molecule has 0 aliphatic carbocycles. The van der Waals surface area contributed by atoms with E-state index in [2.05, 4.69) is 11.0 Å². The summed E-state index contributed by atoms with van der Waals surface area (Å²) in [4.78, 5) is 29.5. The van der Waals surface area contributed by atoms with Gasteiger partial charge in [-0.2, -0.15) is 0 Å². The van der Waals surface area contributed by atoms with Gasteiger partial charge in [0, 0.05) is 19.3 Å². The summed E-state index contributed by atoms with van der Waals surface area (Å²) in [6, 6.07) is 13.7. The summed E-state index contributed by atoms with van der Waals surface area (Å²) >= 11 is 0. The van der Waals surface area contributed by atoms with Gasteiger partial charge in [0.1, 0.15) is 0 Å². The van der Waals surface area contributed by atoms with E-state index >= 15 is 0 Å². The first-order valence-corrected chi connectivity index (χ1v) is 8.23. The van der Waals surface area contributed by atoms with Gasteiger partial charge >= 0.3 is 0 Å². The van der Waals surface area contributed by atoms with Crippen LogP contribution in [-0.4, -0.2) is 25.4 Å². The number of imide groups is 1. The Morgan fingerprint density at radius 1 is 0.917 bits per heavy atom. The lowest BCUT2D eigenvalue weighted by Crippen LogP contribution is -2.37. The van der Waals surface area contributed by atoms with Gasteiger partial charge in [-0.05, 0) is 43.2 Å². The number of rotatable bonds is 1. The average molecular weight is 320 g/mol. The predicted octanol–water partition coefficient (Wildman–Crippen LogP) is 3.03. The Labute approximate surface area is 141 Å². The van der Waals surface area contributed by atoms with E-state index in [0.717, 1.165) is 22.4 Å². The maximum Gasteiger partial charge on any atom is 0.242 e. The molecule has 0 radical (unpaired) electrons. The van der Waals surface area contributed by atoms with Crippen LogP contribution < -0.4 is 9.80 Å². The number of fused-ring (bicyclic) bond motifs is 3. The van der Waals surface area contributed by atoms with Crippen LogP contribution in [0.3, 0.4) is 0 Å². The van der Waals surface area contributed by atoms with Gasteiger partial charge < -0.3 is 4.90 Å². The molecular weight excluding hydrogens is 300 g/mol. The summed E-state index contributed by atoms with van der Waals surface area (Å²) < 4.78 is 0. The number of hydrogen-bond donors (Lipinski definition) is 0. The molecule has 4 nitrogen and oxygen atoms in total. The fourth-order valence-corrected chi connectivity index (χ4v) is 3.85. The van der Waals surface area contributed by atoms with Crippen molar-refractivity contribution in [1.82, 2.24) is 0 Å². The molecule has 0 spiro atoms. The number of nitrogens with zero attached hydrogens (tertiary/aromatic N) is 2. The molecule has 0 aromatic heterocycles. The van der Waals surface area contributed by atoms with Gasteiger partial charge in [0.15, 0.2) is 0 Å². The molecule has 24 heavy (non-hydrogen) atoms. The molecular formula is C20H20N2O2. The third-order valence-corrected chi connectivity index (χ3v) is 5.12. The highest BCUT2D eigenvalue weighted by Gasteiger charge is 2.52. The van der Waals surface area contributed by atoms with Crippen LogP contribution in [0.4, 0.5) is 11.4 Å². The molecule has 122 valence electrons. The van der Waals surface area contributed by atoms with E-state index in [1.807, 2.05) is 57.3 Å². The first-order chi connectivity index (χ1) is 11.5. The van der Waals surface area contributed by atoms with Crippen LogP contribution in [0.25, 0.3) is 0 Å². The molecule has 4 rings (SSSR count). The number of carbonyl (C=O) groups is 2. The molecule has 0 N–H and O–H groups in total. The van der Waals surface area contributed by atoms with Crippen molar-refractivity contribution >= 4 is 23.2 Å². The van der Waals surface area contributed by atoms with Crippen molar-refractivity contribution in [3.63, 3.8) is 0 Å². The second-order valence-electron chi connectivity index (χ2n) is 6.87. The molecule has 2 atom stereocenters. The van der Waals surface area contributed by atoms with Crippen LogP contribution in [0.15, 0.2) is 42.5 Å². The normalized spacial score (nSPS) is 22.6. The van der Waals surface area contributed by atoms with Gasteiger partial charge in [0.05, 0.1) is 17.5 Å². The fraction of sp³-hybridized carbons (Fsp3) is 0.300. The highest BCUT2D eigenvalue weighted by molar-refractivity contribution is 6.24. The van der Waals surface area contributed by atoms with E-state index in [9.17, 15) is 9.59 Å². The van der Waals surface area contributed by atoms with E-state index < -0.39 is 0 Å². The Morgan fingerprint density at radius 2 is 1.58 bits per heavy atom. The van der Waals surface area contributed by atoms with Gasteiger partial charge in [0.2, 0.25) is 11.8 Å². The first-order valence-electron chi connectivity index (χ1n) is 8.23. The topological polar surface area (TPSA) is 40.6 Å². The highest BCUT2D eigenvalue weighted by atomic mass is 16.2. The third kappa shape index (κ3) is 2.06. The van der Waals surface area contributed by atoms with E-state index in [4.69, 9.17) is 0 Å². The van der Waals surface area contributed by atoms with Crippen molar-refractivity contribution in [1.29, 1.82) is 0 Å². The smallest absolute Gasteiger partial charge is 0.242 e. The van der Waals surface area contributed by atoms with Crippen molar-refractivity contribution in [2.75, 3.05) is 23.4 Å². The SMILES string of the molecule is Cc1ccc(N2C(=O)[C@@H]3CN(C)c4cc(C)ccc4[C@@H]3C2=O)cc1. The number of amides is 2. The lowest BCUT2D eigenvalue weighted by molar-refractivity contribution is -0.122. The maximum absolute atomic E-state index is 13.1. The zero-order valence-corrected chi connectivity index (χ0v) is 14.1. The van der Waals surface area contributed by atoms with Crippen molar-refractivity contribution in [2.45, 2.75) is 19.8 Å². The molecule has 2 heterocycles. The second kappa shape index (κ2) is 5.20. The summed E-state index contributed by atoms with van der Waals surface area (Å²) in [7, 11) is 1.99. The predicted molar refractivity (Wildman–Crippen MR) is 94.4 cm³/mol. The lowest BCUT2D eigenvalue weighted by Gasteiger charge is -2.33. The number of aryl methyl sites for hydroxylation is 2. The van der Waals surface area contributed by atoms with Gasteiger partial charge in [0.25, 0.3) is 0 Å². The molecule has 0 saturated carbocycles. The van der Waals surface area contributed by atoms with Crippen molar-refractivity contribution in [3.05, 3.63) is 59.2 Å². The Kier molecular flexibility index (Phi) is 3.23. The van der Waals surface area contributed by atoms with Gasteiger partial charge in [-0.1, -0.05) is 29.8 Å². The molecule has 2 aliphatic rings. The van der Waals surface area contributed by atoms with Crippen molar-refractivity contribution in [2.24, 2.45) is 5.92 Å². The van der Waals surface area contributed by atoms with E-state index in [1.54, 1.807) is 0 Å². The van der Waals surface area contributed by atoms with E-state index in [1.165, 1.54) is 4.90 Å². The molecule has 0 bridgehead atoms. The summed E-state index contributed by atoms with van der Waals surface area (Å²) in [6.07, 6.45) is 0. The summed E-state index contributed by atoms with van der Waals surface area (Å²) in [6.45, 7) is 4.61. The lowest BCUT2D eigenvalue weighted by atomic mass is 9.83. The quantitative estimate of drug-likeness (QED) is 0.758. The van der Waals surface area contributed by atoms with Crippen LogP contribution in [0.5, 0.6) is 0 Å².